The Balaban J connectivity index is 1.62. The van der Waals surface area contributed by atoms with E-state index >= 15 is 0 Å². The average molecular weight is 345 g/mol. The number of piperazine rings is 1. The van der Waals surface area contributed by atoms with E-state index in [9.17, 15) is 4.79 Å². The van der Waals surface area contributed by atoms with Gasteiger partial charge in [-0.3, -0.25) is 9.69 Å². The fourth-order valence-electron chi connectivity index (χ4n) is 2.97. The van der Waals surface area contributed by atoms with Gasteiger partial charge in [-0.2, -0.15) is 0 Å². The third-order valence-corrected chi connectivity index (χ3v) is 4.54. The lowest BCUT2D eigenvalue weighted by Crippen LogP contribution is -2.48. The number of halogens is 1. The number of amides is 1. The van der Waals surface area contributed by atoms with Crippen LogP contribution in [0.25, 0.3) is 0 Å². The normalized spacial score (nSPS) is 15.3. The second-order valence-electron chi connectivity index (χ2n) is 5.90. The van der Waals surface area contributed by atoms with Gasteiger partial charge >= 0.3 is 0 Å². The van der Waals surface area contributed by atoms with Gasteiger partial charge in [-0.1, -0.05) is 41.9 Å². The molecule has 5 heteroatoms. The maximum absolute atomic E-state index is 12.8. The number of nitrogens with zero attached hydrogens (tertiary/aromatic N) is 2. The predicted octanol–water partition coefficient (Wildman–Crippen LogP) is 3.31. The topological polar surface area (TPSA) is 32.8 Å². The van der Waals surface area contributed by atoms with E-state index in [4.69, 9.17) is 16.3 Å². The van der Waals surface area contributed by atoms with Gasteiger partial charge in [-0.05, 0) is 23.8 Å². The van der Waals surface area contributed by atoms with E-state index < -0.39 is 0 Å². The number of rotatable bonds is 4. The maximum Gasteiger partial charge on any atom is 0.257 e. The van der Waals surface area contributed by atoms with Crippen LogP contribution in [0.2, 0.25) is 5.02 Å². The number of hydrogen-bond donors (Lipinski definition) is 0. The van der Waals surface area contributed by atoms with E-state index in [2.05, 4.69) is 29.2 Å². The molecule has 0 N–H and O–H groups in total. The van der Waals surface area contributed by atoms with E-state index in [0.29, 0.717) is 29.4 Å². The van der Waals surface area contributed by atoms with Crippen molar-refractivity contribution in [3.8, 4) is 5.75 Å². The zero-order valence-corrected chi connectivity index (χ0v) is 14.5. The van der Waals surface area contributed by atoms with Crippen molar-refractivity contribution in [2.45, 2.75) is 6.54 Å². The Kier molecular flexibility index (Phi) is 5.38. The molecule has 126 valence electrons. The molecule has 4 nitrogen and oxygen atoms in total. The maximum atomic E-state index is 12.8. The molecule has 1 aliphatic rings. The molecule has 0 spiro atoms. The van der Waals surface area contributed by atoms with Crippen LogP contribution in [0.15, 0.2) is 48.5 Å². The summed E-state index contributed by atoms with van der Waals surface area (Å²) < 4.78 is 5.30. The van der Waals surface area contributed by atoms with Crippen LogP contribution in [-0.4, -0.2) is 49.0 Å². The van der Waals surface area contributed by atoms with E-state index in [1.807, 2.05) is 11.0 Å². The minimum atomic E-state index is -0.0197. The molecular weight excluding hydrogens is 324 g/mol. The molecule has 1 amide bonds. The summed E-state index contributed by atoms with van der Waals surface area (Å²) in [5.74, 6) is 0.546. The van der Waals surface area contributed by atoms with Gasteiger partial charge in [0.05, 0.1) is 12.7 Å². The molecule has 0 aromatic heterocycles. The largest absolute Gasteiger partial charge is 0.496 e. The zero-order valence-electron chi connectivity index (χ0n) is 13.7. The van der Waals surface area contributed by atoms with Crippen molar-refractivity contribution in [3.05, 3.63) is 64.7 Å². The first-order valence-corrected chi connectivity index (χ1v) is 8.44. The van der Waals surface area contributed by atoms with Crippen LogP contribution >= 0.6 is 11.6 Å². The van der Waals surface area contributed by atoms with Crippen molar-refractivity contribution >= 4 is 17.5 Å². The number of ether oxygens (including phenoxy) is 1. The van der Waals surface area contributed by atoms with Gasteiger partial charge in [0.1, 0.15) is 5.75 Å². The van der Waals surface area contributed by atoms with Crippen molar-refractivity contribution < 1.29 is 9.53 Å². The van der Waals surface area contributed by atoms with E-state index in [-0.39, 0.29) is 5.91 Å². The highest BCUT2D eigenvalue weighted by Crippen LogP contribution is 2.24. The molecule has 0 atom stereocenters. The lowest BCUT2D eigenvalue weighted by molar-refractivity contribution is 0.0625. The summed E-state index contributed by atoms with van der Waals surface area (Å²) in [5, 5.41) is 0.543. The summed E-state index contributed by atoms with van der Waals surface area (Å²) in [6.07, 6.45) is 0. The lowest BCUT2D eigenvalue weighted by Gasteiger charge is -2.35. The fraction of sp³-hybridized carbons (Fsp3) is 0.316. The highest BCUT2D eigenvalue weighted by molar-refractivity contribution is 6.31. The number of carbonyl (C=O) groups excluding carboxylic acids is 1. The quantitative estimate of drug-likeness (QED) is 0.853. The second-order valence-corrected chi connectivity index (χ2v) is 6.33. The van der Waals surface area contributed by atoms with E-state index in [1.54, 1.807) is 25.3 Å². The van der Waals surface area contributed by atoms with Crippen LogP contribution in [0.3, 0.4) is 0 Å². The van der Waals surface area contributed by atoms with Gasteiger partial charge in [0.25, 0.3) is 5.91 Å². The first-order valence-electron chi connectivity index (χ1n) is 8.06. The van der Waals surface area contributed by atoms with Gasteiger partial charge in [-0.25, -0.2) is 0 Å². The Morgan fingerprint density at radius 2 is 1.79 bits per heavy atom. The molecule has 0 aliphatic carbocycles. The molecule has 3 rings (SSSR count). The second kappa shape index (κ2) is 7.69. The summed E-state index contributed by atoms with van der Waals surface area (Å²) in [6.45, 7) is 4.07. The van der Waals surface area contributed by atoms with Crippen molar-refractivity contribution in [1.82, 2.24) is 9.80 Å². The molecule has 0 unspecified atom stereocenters. The van der Waals surface area contributed by atoms with Crippen LogP contribution in [0.4, 0.5) is 0 Å². The summed E-state index contributed by atoms with van der Waals surface area (Å²) in [6, 6.07) is 15.6. The van der Waals surface area contributed by atoms with Crippen LogP contribution in [-0.2, 0) is 6.54 Å². The Hall–Kier alpha value is -2.04. The van der Waals surface area contributed by atoms with Crippen LogP contribution < -0.4 is 4.74 Å². The SMILES string of the molecule is COc1ccc(Cl)cc1C(=O)N1CCN(Cc2ccccc2)CC1. The molecule has 2 aromatic carbocycles. The molecule has 0 saturated carbocycles. The molecule has 0 bridgehead atoms. The molecule has 1 aliphatic heterocycles. The molecule has 24 heavy (non-hydrogen) atoms. The number of hydrogen-bond acceptors (Lipinski definition) is 3. The minimum absolute atomic E-state index is 0.0197. The Morgan fingerprint density at radius 3 is 2.46 bits per heavy atom. The third kappa shape index (κ3) is 3.89. The van der Waals surface area contributed by atoms with Gasteiger partial charge < -0.3 is 9.64 Å². The lowest BCUT2D eigenvalue weighted by atomic mass is 10.1. The first-order chi connectivity index (χ1) is 11.7. The summed E-state index contributed by atoms with van der Waals surface area (Å²) in [5.41, 5.74) is 1.83. The van der Waals surface area contributed by atoms with Gasteiger partial charge in [-0.15, -0.1) is 0 Å². The Labute approximate surface area is 147 Å². The Morgan fingerprint density at radius 1 is 1.08 bits per heavy atom. The first kappa shape index (κ1) is 16.8. The molecular formula is C19H21ClN2O2. The summed E-state index contributed by atoms with van der Waals surface area (Å²) in [7, 11) is 1.57. The molecule has 0 radical (unpaired) electrons. The number of benzene rings is 2. The van der Waals surface area contributed by atoms with E-state index in [1.165, 1.54) is 5.56 Å². The minimum Gasteiger partial charge on any atom is -0.496 e. The third-order valence-electron chi connectivity index (χ3n) is 4.30. The zero-order chi connectivity index (χ0) is 16.9. The highest BCUT2D eigenvalue weighted by atomic mass is 35.5. The van der Waals surface area contributed by atoms with Crippen LogP contribution in [0.1, 0.15) is 15.9 Å². The Bertz CT molecular complexity index is 698. The van der Waals surface area contributed by atoms with Crippen LogP contribution in [0.5, 0.6) is 5.75 Å². The van der Waals surface area contributed by atoms with Crippen molar-refractivity contribution in [2.75, 3.05) is 33.3 Å². The fourth-order valence-corrected chi connectivity index (χ4v) is 3.14. The molecule has 1 heterocycles. The molecule has 2 aromatic rings. The van der Waals surface area contributed by atoms with Gasteiger partial charge in [0.15, 0.2) is 0 Å². The molecule has 1 fully saturated rings. The molecule has 1 saturated heterocycles. The van der Waals surface area contributed by atoms with Crippen molar-refractivity contribution in [3.63, 3.8) is 0 Å². The summed E-state index contributed by atoms with van der Waals surface area (Å²) in [4.78, 5) is 17.0. The summed E-state index contributed by atoms with van der Waals surface area (Å²) >= 11 is 6.04. The highest BCUT2D eigenvalue weighted by Gasteiger charge is 2.24. The van der Waals surface area contributed by atoms with Crippen molar-refractivity contribution in [1.29, 1.82) is 0 Å². The average Bonchev–Trinajstić information content (AvgIpc) is 2.62. The van der Waals surface area contributed by atoms with E-state index in [0.717, 1.165) is 19.6 Å². The number of carbonyl (C=O) groups is 1. The standard InChI is InChI=1S/C19H21ClN2O2/c1-24-18-8-7-16(20)13-17(18)19(23)22-11-9-21(10-12-22)14-15-5-3-2-4-6-15/h2-8,13H,9-12,14H2,1H3. The van der Waals surface area contributed by atoms with Crippen LogP contribution in [0, 0.1) is 0 Å². The predicted molar refractivity (Wildman–Crippen MR) is 95.6 cm³/mol. The number of methoxy groups -OCH3 is 1. The van der Waals surface area contributed by atoms with Crippen molar-refractivity contribution in [2.24, 2.45) is 0 Å². The monoisotopic (exact) mass is 344 g/mol. The smallest absolute Gasteiger partial charge is 0.257 e. The van der Waals surface area contributed by atoms with Gasteiger partial charge in [0.2, 0.25) is 0 Å². The van der Waals surface area contributed by atoms with Gasteiger partial charge in [0, 0.05) is 37.7 Å².